The van der Waals surface area contributed by atoms with Gasteiger partial charge in [-0.25, -0.2) is 0 Å². The van der Waals surface area contributed by atoms with Crippen LogP contribution in [0, 0.1) is 5.92 Å². The molecule has 2 atom stereocenters. The van der Waals surface area contributed by atoms with Gasteiger partial charge in [-0.1, -0.05) is 33.3 Å². The fourth-order valence-corrected chi connectivity index (χ4v) is 5.12. The molecule has 182 valence electrons. The minimum atomic E-state index is -0.891. The first-order valence-corrected chi connectivity index (χ1v) is 12.3. The highest BCUT2D eigenvalue weighted by Gasteiger charge is 2.54. The van der Waals surface area contributed by atoms with Crippen molar-refractivity contribution in [1.82, 2.24) is 15.1 Å². The number of aliphatic hydroxyl groups excluding tert-OH is 1. The van der Waals surface area contributed by atoms with E-state index in [4.69, 9.17) is 9.47 Å². The molecular weight excluding hydrogens is 422 g/mol. The zero-order valence-corrected chi connectivity index (χ0v) is 20.0. The van der Waals surface area contributed by atoms with Crippen LogP contribution in [0.25, 0.3) is 0 Å². The molecule has 0 bridgehead atoms. The van der Waals surface area contributed by atoms with Gasteiger partial charge in [0.25, 0.3) is 0 Å². The Labute approximate surface area is 196 Å². The van der Waals surface area contributed by atoms with Crippen molar-refractivity contribution in [2.45, 2.75) is 70.7 Å². The zero-order valence-electron chi connectivity index (χ0n) is 20.0. The number of carbonyl (C=O) groups excluding carboxylic acids is 2. The normalized spacial score (nSPS) is 23.7. The first-order valence-electron chi connectivity index (χ1n) is 12.3. The van der Waals surface area contributed by atoms with Crippen molar-refractivity contribution in [3.05, 3.63) is 23.8 Å². The van der Waals surface area contributed by atoms with E-state index in [9.17, 15) is 14.7 Å². The van der Waals surface area contributed by atoms with Gasteiger partial charge in [-0.05, 0) is 42.9 Å². The Kier molecular flexibility index (Phi) is 7.14. The Morgan fingerprint density at radius 1 is 1.15 bits per heavy atom. The standard InChI is InChI=1S/C25H37N3O5/c1-4-5-10-28-23(30)21(22(29)17(2)3)26-24(31)25(28)8-11-27(12-9-25)16-18-6-7-19-20(15-18)33-14-13-32-19/h6-7,15,17,21-22,29H,4-5,8-14,16H2,1-3H3,(H,26,31)/t21-,22-/m1/s1. The Balaban J connectivity index is 1.46. The fraction of sp³-hybridized carbons (Fsp3) is 0.680. The van der Waals surface area contributed by atoms with Crippen molar-refractivity contribution in [3.8, 4) is 11.5 Å². The summed E-state index contributed by atoms with van der Waals surface area (Å²) < 4.78 is 11.3. The van der Waals surface area contributed by atoms with Gasteiger partial charge in [0.15, 0.2) is 11.5 Å². The molecule has 2 N–H and O–H groups in total. The van der Waals surface area contributed by atoms with E-state index in [0.29, 0.717) is 32.6 Å². The average molecular weight is 460 g/mol. The number of unbranched alkanes of at least 4 members (excludes halogenated alkanes) is 1. The lowest BCUT2D eigenvalue weighted by Gasteiger charge is -2.52. The highest BCUT2D eigenvalue weighted by Crippen LogP contribution is 2.36. The second-order valence-corrected chi connectivity index (χ2v) is 9.81. The molecule has 2 amide bonds. The molecule has 0 radical (unpaired) electrons. The molecule has 3 aliphatic rings. The molecule has 8 nitrogen and oxygen atoms in total. The summed E-state index contributed by atoms with van der Waals surface area (Å²) in [5.74, 6) is 1.18. The third-order valence-electron chi connectivity index (χ3n) is 7.21. The maximum absolute atomic E-state index is 13.4. The lowest BCUT2D eigenvalue weighted by molar-refractivity contribution is -0.165. The van der Waals surface area contributed by atoms with E-state index in [1.165, 1.54) is 0 Å². The quantitative estimate of drug-likeness (QED) is 0.648. The number of hydrogen-bond donors (Lipinski definition) is 2. The van der Waals surface area contributed by atoms with Gasteiger partial charge in [-0.15, -0.1) is 0 Å². The lowest BCUT2D eigenvalue weighted by Crippen LogP contribution is -2.74. The summed E-state index contributed by atoms with van der Waals surface area (Å²) in [6, 6.07) is 5.17. The number of aliphatic hydroxyl groups is 1. The fourth-order valence-electron chi connectivity index (χ4n) is 5.12. The Morgan fingerprint density at radius 3 is 2.52 bits per heavy atom. The van der Waals surface area contributed by atoms with Gasteiger partial charge >= 0.3 is 0 Å². The smallest absolute Gasteiger partial charge is 0.248 e. The van der Waals surface area contributed by atoms with E-state index in [2.05, 4.69) is 23.2 Å². The Bertz CT molecular complexity index is 866. The van der Waals surface area contributed by atoms with E-state index in [1.807, 2.05) is 26.0 Å². The summed E-state index contributed by atoms with van der Waals surface area (Å²) in [6.45, 7) is 9.68. The van der Waals surface area contributed by atoms with Gasteiger partial charge in [-0.3, -0.25) is 14.5 Å². The molecule has 1 spiro atoms. The zero-order chi connectivity index (χ0) is 23.6. The maximum Gasteiger partial charge on any atom is 0.248 e. The van der Waals surface area contributed by atoms with Crippen LogP contribution in [0.5, 0.6) is 11.5 Å². The second-order valence-electron chi connectivity index (χ2n) is 9.81. The first kappa shape index (κ1) is 23.8. The van der Waals surface area contributed by atoms with E-state index in [0.717, 1.165) is 49.5 Å². The molecule has 2 fully saturated rings. The molecule has 1 aromatic carbocycles. The van der Waals surface area contributed by atoms with Crippen molar-refractivity contribution >= 4 is 11.8 Å². The summed E-state index contributed by atoms with van der Waals surface area (Å²) in [7, 11) is 0. The van der Waals surface area contributed by atoms with Crippen LogP contribution in [0.3, 0.4) is 0 Å². The van der Waals surface area contributed by atoms with E-state index < -0.39 is 17.7 Å². The number of amides is 2. The van der Waals surface area contributed by atoms with Crippen molar-refractivity contribution in [2.75, 3.05) is 32.8 Å². The molecule has 4 rings (SSSR count). The molecule has 0 unspecified atom stereocenters. The second kappa shape index (κ2) is 9.89. The molecular formula is C25H37N3O5. The van der Waals surface area contributed by atoms with Gasteiger partial charge in [0.1, 0.15) is 24.8 Å². The molecule has 33 heavy (non-hydrogen) atoms. The van der Waals surface area contributed by atoms with Gasteiger partial charge < -0.3 is 24.8 Å². The minimum absolute atomic E-state index is 0.117. The molecule has 3 heterocycles. The van der Waals surface area contributed by atoms with Crippen LogP contribution in [0.4, 0.5) is 0 Å². The minimum Gasteiger partial charge on any atom is -0.486 e. The summed E-state index contributed by atoms with van der Waals surface area (Å²) in [5, 5.41) is 13.5. The number of ether oxygens (including phenoxy) is 2. The van der Waals surface area contributed by atoms with Gasteiger partial charge in [0, 0.05) is 26.2 Å². The molecule has 2 saturated heterocycles. The summed E-state index contributed by atoms with van der Waals surface area (Å²) in [4.78, 5) is 30.9. The van der Waals surface area contributed by atoms with Crippen LogP contribution < -0.4 is 14.8 Å². The van der Waals surface area contributed by atoms with Gasteiger partial charge in [-0.2, -0.15) is 0 Å². The number of piperidine rings is 1. The van der Waals surface area contributed by atoms with Crippen molar-refractivity contribution in [3.63, 3.8) is 0 Å². The molecule has 3 aliphatic heterocycles. The van der Waals surface area contributed by atoms with E-state index in [-0.39, 0.29) is 17.7 Å². The Hall–Kier alpha value is -2.32. The predicted molar refractivity (Wildman–Crippen MR) is 124 cm³/mol. The topological polar surface area (TPSA) is 91.3 Å². The first-order chi connectivity index (χ1) is 15.9. The van der Waals surface area contributed by atoms with Gasteiger partial charge in [0.05, 0.1) is 6.10 Å². The third kappa shape index (κ3) is 4.68. The number of nitrogens with zero attached hydrogens (tertiary/aromatic N) is 2. The monoisotopic (exact) mass is 459 g/mol. The predicted octanol–water partition coefficient (Wildman–Crippen LogP) is 1.94. The van der Waals surface area contributed by atoms with Crippen molar-refractivity contribution in [2.24, 2.45) is 5.92 Å². The highest BCUT2D eigenvalue weighted by atomic mass is 16.6. The molecule has 0 aromatic heterocycles. The van der Waals surface area contributed by atoms with Crippen LogP contribution >= 0.6 is 0 Å². The SMILES string of the molecule is CCCCN1C(=O)[C@@H]([C@H](O)C(C)C)NC(=O)C12CCN(Cc1ccc3c(c1)OCCO3)CC2. The van der Waals surface area contributed by atoms with E-state index in [1.54, 1.807) is 4.90 Å². The molecule has 1 aromatic rings. The summed E-state index contributed by atoms with van der Waals surface area (Å²) in [6.07, 6.45) is 2.06. The van der Waals surface area contributed by atoms with Crippen LogP contribution in [0.15, 0.2) is 18.2 Å². The Morgan fingerprint density at radius 2 is 1.85 bits per heavy atom. The van der Waals surface area contributed by atoms with Crippen LogP contribution in [0.2, 0.25) is 0 Å². The number of carbonyl (C=O) groups is 2. The molecule has 0 saturated carbocycles. The van der Waals surface area contributed by atoms with Crippen LogP contribution in [-0.4, -0.2) is 77.3 Å². The maximum atomic E-state index is 13.4. The molecule has 0 aliphatic carbocycles. The number of likely N-dealkylation sites (tertiary alicyclic amines) is 1. The van der Waals surface area contributed by atoms with Crippen molar-refractivity contribution < 1.29 is 24.2 Å². The number of fused-ring (bicyclic) bond motifs is 1. The summed E-state index contributed by atoms with van der Waals surface area (Å²) in [5.41, 5.74) is 0.310. The highest BCUT2D eigenvalue weighted by molar-refractivity contribution is 6.00. The number of hydrogen-bond acceptors (Lipinski definition) is 6. The number of benzene rings is 1. The number of piperazine rings is 1. The van der Waals surface area contributed by atoms with E-state index >= 15 is 0 Å². The summed E-state index contributed by atoms with van der Waals surface area (Å²) >= 11 is 0. The third-order valence-corrected chi connectivity index (χ3v) is 7.21. The largest absolute Gasteiger partial charge is 0.486 e. The number of rotatable bonds is 7. The number of nitrogens with one attached hydrogen (secondary N) is 1. The van der Waals surface area contributed by atoms with Crippen LogP contribution in [-0.2, 0) is 16.1 Å². The van der Waals surface area contributed by atoms with Crippen molar-refractivity contribution in [1.29, 1.82) is 0 Å². The average Bonchev–Trinajstić information content (AvgIpc) is 2.82. The molecule has 8 heteroatoms. The van der Waals surface area contributed by atoms with Crippen LogP contribution in [0.1, 0.15) is 52.0 Å². The lowest BCUT2D eigenvalue weighted by atomic mass is 9.80. The van der Waals surface area contributed by atoms with Gasteiger partial charge in [0.2, 0.25) is 11.8 Å².